The molecule has 3 heteroatoms. The van der Waals surface area contributed by atoms with E-state index in [9.17, 15) is 0 Å². The minimum atomic E-state index is 0.489. The van der Waals surface area contributed by atoms with Crippen LogP contribution in [0.15, 0.2) is 5.10 Å². The van der Waals surface area contributed by atoms with Gasteiger partial charge in [-0.25, -0.2) is 0 Å². The Labute approximate surface area is 73.0 Å². The Morgan fingerprint density at radius 1 is 1.67 bits per heavy atom. The maximum absolute atomic E-state index is 8.52. The van der Waals surface area contributed by atoms with Crippen LogP contribution in [0.2, 0.25) is 0 Å². The van der Waals surface area contributed by atoms with Crippen LogP contribution in [0.5, 0.6) is 0 Å². The molecule has 1 heterocycles. The fourth-order valence-electron chi connectivity index (χ4n) is 1.21. The second-order valence-corrected chi connectivity index (χ2v) is 3.35. The second kappa shape index (κ2) is 3.48. The van der Waals surface area contributed by atoms with Crippen molar-refractivity contribution in [1.82, 2.24) is 0 Å². The summed E-state index contributed by atoms with van der Waals surface area (Å²) in [6.07, 6.45) is 1.37. The first-order valence-electron chi connectivity index (χ1n) is 4.18. The van der Waals surface area contributed by atoms with Gasteiger partial charge in [0.15, 0.2) is 7.05 Å². The molecule has 0 radical (unpaired) electrons. The highest BCUT2D eigenvalue weighted by atomic mass is 15.4. The number of hydrazone groups is 1. The summed E-state index contributed by atoms with van der Waals surface area (Å²) in [5.74, 6) is 0.489. The molecule has 0 saturated heterocycles. The predicted octanol–water partition coefficient (Wildman–Crippen LogP) is 1.40. The normalized spacial score (nSPS) is 16.8. The van der Waals surface area contributed by atoms with Gasteiger partial charge in [-0.05, 0) is 11.0 Å². The molecular weight excluding hydrogens is 150 g/mol. The summed E-state index contributed by atoms with van der Waals surface area (Å²) < 4.78 is 1.83. The Hall–Kier alpha value is -1.17. The van der Waals surface area contributed by atoms with E-state index in [-0.39, 0.29) is 0 Å². The summed E-state index contributed by atoms with van der Waals surface area (Å²) in [7, 11) is 1.90. The van der Waals surface area contributed by atoms with E-state index >= 15 is 0 Å². The van der Waals surface area contributed by atoms with E-state index < -0.39 is 0 Å². The van der Waals surface area contributed by atoms with Crippen LogP contribution < -0.4 is 0 Å². The fourth-order valence-corrected chi connectivity index (χ4v) is 1.21. The highest BCUT2D eigenvalue weighted by Crippen LogP contribution is 2.10. The quantitative estimate of drug-likeness (QED) is 0.568. The SMILES string of the molecule is CC(C)C1=N[N+](C)=C(CC#N)C1. The Morgan fingerprint density at radius 2 is 2.33 bits per heavy atom. The minimum Gasteiger partial charge on any atom is -0.198 e. The molecule has 12 heavy (non-hydrogen) atoms. The molecule has 1 aliphatic heterocycles. The highest BCUT2D eigenvalue weighted by molar-refractivity contribution is 6.05. The summed E-state index contributed by atoms with van der Waals surface area (Å²) in [4.78, 5) is 0. The lowest BCUT2D eigenvalue weighted by molar-refractivity contribution is -0.500. The van der Waals surface area contributed by atoms with E-state index in [1.807, 2.05) is 11.7 Å². The zero-order chi connectivity index (χ0) is 9.14. The standard InChI is InChI=1S/C9H14N3/c1-7(2)9-6-8(4-5-10)12(3)11-9/h7H,4,6H2,1-3H3/q+1. The molecule has 64 valence electrons. The van der Waals surface area contributed by atoms with Gasteiger partial charge in [0, 0.05) is 0 Å². The third-order valence-corrected chi connectivity index (χ3v) is 2.07. The summed E-state index contributed by atoms with van der Waals surface area (Å²) in [6, 6.07) is 2.15. The number of nitrogens with zero attached hydrogens (tertiary/aromatic N) is 3. The van der Waals surface area contributed by atoms with Crippen LogP contribution in [0.25, 0.3) is 0 Å². The van der Waals surface area contributed by atoms with Crippen molar-refractivity contribution in [1.29, 1.82) is 5.26 Å². The van der Waals surface area contributed by atoms with Gasteiger partial charge in [0.2, 0.25) is 5.71 Å². The van der Waals surface area contributed by atoms with Crippen molar-refractivity contribution in [2.24, 2.45) is 11.0 Å². The van der Waals surface area contributed by atoms with Crippen molar-refractivity contribution in [3.8, 4) is 6.07 Å². The smallest absolute Gasteiger partial charge is 0.198 e. The first-order chi connectivity index (χ1) is 5.65. The average molecular weight is 164 g/mol. The van der Waals surface area contributed by atoms with Gasteiger partial charge in [0.25, 0.3) is 0 Å². The molecule has 0 aromatic heterocycles. The molecule has 0 aromatic carbocycles. The summed E-state index contributed by atoms with van der Waals surface area (Å²) >= 11 is 0. The largest absolute Gasteiger partial charge is 0.204 e. The molecule has 0 atom stereocenters. The van der Waals surface area contributed by atoms with Crippen molar-refractivity contribution in [3.63, 3.8) is 0 Å². The van der Waals surface area contributed by atoms with Crippen LogP contribution >= 0.6 is 0 Å². The predicted molar refractivity (Wildman–Crippen MR) is 48.3 cm³/mol. The van der Waals surface area contributed by atoms with Crippen LogP contribution in [0.1, 0.15) is 26.7 Å². The van der Waals surface area contributed by atoms with Crippen molar-refractivity contribution in [2.75, 3.05) is 7.05 Å². The van der Waals surface area contributed by atoms with Crippen LogP contribution in [0.3, 0.4) is 0 Å². The Bertz CT molecular complexity index is 279. The third-order valence-electron chi connectivity index (χ3n) is 2.07. The number of nitriles is 1. The van der Waals surface area contributed by atoms with Gasteiger partial charge in [-0.3, -0.25) is 0 Å². The van der Waals surface area contributed by atoms with Crippen LogP contribution in [-0.4, -0.2) is 23.2 Å². The third kappa shape index (κ3) is 1.70. The van der Waals surface area contributed by atoms with Gasteiger partial charge in [-0.15, -0.1) is 0 Å². The molecule has 0 bridgehead atoms. The molecular formula is C9H14N3+. The highest BCUT2D eigenvalue weighted by Gasteiger charge is 2.24. The lowest BCUT2D eigenvalue weighted by atomic mass is 10.0. The van der Waals surface area contributed by atoms with Gasteiger partial charge >= 0.3 is 0 Å². The van der Waals surface area contributed by atoms with Crippen LogP contribution in [-0.2, 0) is 0 Å². The fraction of sp³-hybridized carbons (Fsp3) is 0.667. The molecule has 0 saturated carbocycles. The first kappa shape index (κ1) is 8.92. The van der Waals surface area contributed by atoms with Crippen molar-refractivity contribution < 1.29 is 4.68 Å². The Kier molecular flexibility index (Phi) is 2.59. The Balaban J connectivity index is 2.68. The van der Waals surface area contributed by atoms with E-state index in [4.69, 9.17) is 5.26 Å². The Morgan fingerprint density at radius 3 is 2.75 bits per heavy atom. The first-order valence-corrected chi connectivity index (χ1v) is 4.18. The minimum absolute atomic E-state index is 0.489. The molecule has 0 unspecified atom stereocenters. The van der Waals surface area contributed by atoms with E-state index in [1.54, 1.807) is 0 Å². The zero-order valence-corrected chi connectivity index (χ0v) is 7.83. The summed E-state index contributed by atoms with van der Waals surface area (Å²) in [6.45, 7) is 4.25. The van der Waals surface area contributed by atoms with E-state index in [2.05, 4.69) is 25.0 Å². The number of hydrogen-bond acceptors (Lipinski definition) is 2. The van der Waals surface area contributed by atoms with E-state index in [0.717, 1.165) is 12.1 Å². The molecule has 1 rings (SSSR count). The van der Waals surface area contributed by atoms with Gasteiger partial charge < -0.3 is 0 Å². The lowest BCUT2D eigenvalue weighted by Gasteiger charge is -1.97. The number of rotatable bonds is 2. The molecule has 0 amide bonds. The zero-order valence-electron chi connectivity index (χ0n) is 7.83. The summed E-state index contributed by atoms with van der Waals surface area (Å²) in [5, 5.41) is 12.9. The van der Waals surface area contributed by atoms with Crippen molar-refractivity contribution in [3.05, 3.63) is 0 Å². The van der Waals surface area contributed by atoms with E-state index in [1.165, 1.54) is 5.71 Å². The molecule has 0 N–H and O–H groups in total. The lowest BCUT2D eigenvalue weighted by Crippen LogP contribution is -2.09. The topological polar surface area (TPSA) is 39.2 Å². The van der Waals surface area contributed by atoms with Gasteiger partial charge in [-0.2, -0.15) is 5.26 Å². The number of hydrogen-bond donors (Lipinski definition) is 0. The van der Waals surface area contributed by atoms with Crippen LogP contribution in [0, 0.1) is 17.2 Å². The van der Waals surface area contributed by atoms with Gasteiger partial charge in [0.05, 0.1) is 18.2 Å². The maximum atomic E-state index is 8.52. The molecule has 1 aliphatic rings. The summed E-state index contributed by atoms with van der Waals surface area (Å²) in [5.41, 5.74) is 2.30. The monoisotopic (exact) mass is 164 g/mol. The van der Waals surface area contributed by atoms with Crippen molar-refractivity contribution >= 4 is 11.4 Å². The molecule has 0 aromatic rings. The van der Waals surface area contributed by atoms with Gasteiger partial charge in [-0.1, -0.05) is 18.5 Å². The molecule has 0 aliphatic carbocycles. The van der Waals surface area contributed by atoms with Crippen molar-refractivity contribution in [2.45, 2.75) is 26.7 Å². The second-order valence-electron chi connectivity index (χ2n) is 3.35. The maximum Gasteiger partial charge on any atom is 0.204 e. The molecule has 0 fully saturated rings. The average Bonchev–Trinajstić information content (AvgIpc) is 2.34. The van der Waals surface area contributed by atoms with Gasteiger partial charge in [0.1, 0.15) is 6.42 Å². The molecule has 3 nitrogen and oxygen atoms in total. The van der Waals surface area contributed by atoms with Crippen LogP contribution in [0.4, 0.5) is 0 Å². The van der Waals surface area contributed by atoms with E-state index in [0.29, 0.717) is 12.3 Å². The molecule has 0 spiro atoms.